The first-order chi connectivity index (χ1) is 10.3. The molecule has 1 unspecified atom stereocenters. The smallest absolute Gasteiger partial charge is 0.134 e. The van der Waals surface area contributed by atoms with Crippen LogP contribution in [0.1, 0.15) is 37.5 Å². The first-order valence-corrected chi connectivity index (χ1v) is 8.17. The lowest BCUT2D eigenvalue weighted by atomic mass is 10.1. The molecule has 0 amide bonds. The Hall–Kier alpha value is -1.32. The maximum absolute atomic E-state index is 5.82. The van der Waals surface area contributed by atoms with Gasteiger partial charge in [-0.25, -0.2) is 0 Å². The zero-order valence-electron chi connectivity index (χ0n) is 13.2. The maximum Gasteiger partial charge on any atom is 0.134 e. The quantitative estimate of drug-likeness (QED) is 0.908. The van der Waals surface area contributed by atoms with E-state index in [4.69, 9.17) is 4.42 Å². The van der Waals surface area contributed by atoms with E-state index in [1.165, 1.54) is 43.3 Å². The van der Waals surface area contributed by atoms with Crippen LogP contribution in [0.3, 0.4) is 0 Å². The molecule has 3 nitrogen and oxygen atoms in total. The fourth-order valence-corrected chi connectivity index (χ4v) is 3.34. The summed E-state index contributed by atoms with van der Waals surface area (Å²) in [5, 5.41) is 4.86. The van der Waals surface area contributed by atoms with Crippen LogP contribution in [0.2, 0.25) is 0 Å². The van der Waals surface area contributed by atoms with Gasteiger partial charge < -0.3 is 9.73 Å². The van der Waals surface area contributed by atoms with Crippen LogP contribution in [-0.2, 0) is 6.54 Å². The molecular weight excluding hydrogens is 260 g/mol. The number of benzene rings is 1. The Morgan fingerprint density at radius 1 is 1.19 bits per heavy atom. The van der Waals surface area contributed by atoms with Crippen LogP contribution in [0.15, 0.2) is 28.7 Å². The first-order valence-electron chi connectivity index (χ1n) is 8.17. The number of fused-ring (bicyclic) bond motifs is 1. The summed E-state index contributed by atoms with van der Waals surface area (Å²) < 4.78 is 5.82. The summed E-state index contributed by atoms with van der Waals surface area (Å²) in [4.78, 5) is 2.61. The number of nitrogens with one attached hydrogen (secondary N) is 1. The Kier molecular flexibility index (Phi) is 4.61. The molecule has 0 bridgehead atoms. The number of nitrogens with zero attached hydrogens (tertiary/aromatic N) is 1. The molecule has 2 aromatic rings. The summed E-state index contributed by atoms with van der Waals surface area (Å²) >= 11 is 0. The van der Waals surface area contributed by atoms with E-state index in [2.05, 4.69) is 36.2 Å². The van der Waals surface area contributed by atoms with Gasteiger partial charge in [0.25, 0.3) is 0 Å². The van der Waals surface area contributed by atoms with Gasteiger partial charge in [-0.15, -0.1) is 0 Å². The van der Waals surface area contributed by atoms with Crippen LogP contribution < -0.4 is 5.32 Å². The van der Waals surface area contributed by atoms with Gasteiger partial charge in [0.2, 0.25) is 0 Å². The Morgan fingerprint density at radius 2 is 1.95 bits per heavy atom. The van der Waals surface area contributed by atoms with E-state index in [0.29, 0.717) is 6.04 Å². The van der Waals surface area contributed by atoms with E-state index < -0.39 is 0 Å². The Bertz CT molecular complexity index is 584. The molecule has 0 spiro atoms. The molecule has 1 aromatic carbocycles. The van der Waals surface area contributed by atoms with Crippen molar-refractivity contribution in [1.29, 1.82) is 0 Å². The van der Waals surface area contributed by atoms with Crippen molar-refractivity contribution in [3.63, 3.8) is 0 Å². The molecule has 0 saturated carbocycles. The number of hydrogen-bond acceptors (Lipinski definition) is 3. The molecular formula is C18H26N2O. The SMILES string of the molecule is Cc1oc2ccccc2c1CNCC(C)N1CCCCC1. The number of likely N-dealkylation sites (tertiary alicyclic amines) is 1. The summed E-state index contributed by atoms with van der Waals surface area (Å²) in [5.74, 6) is 1.04. The second-order valence-electron chi connectivity index (χ2n) is 6.21. The van der Waals surface area contributed by atoms with Crippen molar-refractivity contribution < 1.29 is 4.42 Å². The van der Waals surface area contributed by atoms with Gasteiger partial charge in [-0.2, -0.15) is 0 Å². The summed E-state index contributed by atoms with van der Waals surface area (Å²) in [6.07, 6.45) is 4.11. The van der Waals surface area contributed by atoms with Gasteiger partial charge in [-0.1, -0.05) is 24.6 Å². The zero-order valence-corrected chi connectivity index (χ0v) is 13.2. The second kappa shape index (κ2) is 6.63. The van der Waals surface area contributed by atoms with Gasteiger partial charge >= 0.3 is 0 Å². The number of piperidine rings is 1. The van der Waals surface area contributed by atoms with Crippen molar-refractivity contribution in [1.82, 2.24) is 10.2 Å². The monoisotopic (exact) mass is 286 g/mol. The minimum absolute atomic E-state index is 0.615. The molecule has 114 valence electrons. The Labute approximate surface area is 127 Å². The molecule has 0 radical (unpaired) electrons. The van der Waals surface area contributed by atoms with E-state index >= 15 is 0 Å². The average Bonchev–Trinajstić information content (AvgIpc) is 2.84. The predicted molar refractivity (Wildman–Crippen MR) is 87.5 cm³/mol. The van der Waals surface area contributed by atoms with Gasteiger partial charge in [0.15, 0.2) is 0 Å². The van der Waals surface area contributed by atoms with Crippen molar-refractivity contribution >= 4 is 11.0 Å². The van der Waals surface area contributed by atoms with Gasteiger partial charge in [-0.3, -0.25) is 4.90 Å². The summed E-state index contributed by atoms with van der Waals surface area (Å²) in [7, 11) is 0. The van der Waals surface area contributed by atoms with Crippen LogP contribution in [0.5, 0.6) is 0 Å². The fourth-order valence-electron chi connectivity index (χ4n) is 3.34. The van der Waals surface area contributed by atoms with Crippen molar-refractivity contribution in [2.24, 2.45) is 0 Å². The van der Waals surface area contributed by atoms with Crippen LogP contribution >= 0.6 is 0 Å². The van der Waals surface area contributed by atoms with Gasteiger partial charge in [0.1, 0.15) is 11.3 Å². The van der Waals surface area contributed by atoms with Gasteiger partial charge in [0, 0.05) is 30.1 Å². The van der Waals surface area contributed by atoms with Crippen LogP contribution in [0.25, 0.3) is 11.0 Å². The standard InChI is InChI=1S/C18H26N2O/c1-14(20-10-6-3-7-11-20)12-19-13-17-15(2)21-18-9-5-4-8-16(17)18/h4-5,8-9,14,19H,3,6-7,10-13H2,1-2H3. The number of hydrogen-bond donors (Lipinski definition) is 1. The van der Waals surface area contributed by atoms with Crippen LogP contribution in [-0.4, -0.2) is 30.6 Å². The summed E-state index contributed by atoms with van der Waals surface area (Å²) in [6, 6.07) is 8.92. The number of furan rings is 1. The van der Waals surface area contributed by atoms with Crippen molar-refractivity contribution in [2.45, 2.75) is 45.7 Å². The minimum atomic E-state index is 0.615. The number of para-hydroxylation sites is 1. The highest BCUT2D eigenvalue weighted by molar-refractivity contribution is 5.82. The number of aryl methyl sites for hydroxylation is 1. The maximum atomic E-state index is 5.82. The number of rotatable bonds is 5. The third-order valence-electron chi connectivity index (χ3n) is 4.66. The molecule has 0 aliphatic carbocycles. The molecule has 21 heavy (non-hydrogen) atoms. The normalized spacial score (nSPS) is 18.2. The summed E-state index contributed by atoms with van der Waals surface area (Å²) in [6.45, 7) is 8.84. The third kappa shape index (κ3) is 3.30. The Balaban J connectivity index is 1.58. The zero-order chi connectivity index (χ0) is 14.7. The lowest BCUT2D eigenvalue weighted by molar-refractivity contribution is 0.170. The highest BCUT2D eigenvalue weighted by Crippen LogP contribution is 2.24. The van der Waals surface area contributed by atoms with E-state index in [9.17, 15) is 0 Å². The lowest BCUT2D eigenvalue weighted by Crippen LogP contribution is -2.42. The highest BCUT2D eigenvalue weighted by atomic mass is 16.3. The average molecular weight is 286 g/mol. The van der Waals surface area contributed by atoms with E-state index in [1.54, 1.807) is 0 Å². The molecule has 1 fully saturated rings. The topological polar surface area (TPSA) is 28.4 Å². The first kappa shape index (κ1) is 14.6. The molecule has 3 heteroatoms. The molecule has 3 rings (SSSR count). The molecule has 1 N–H and O–H groups in total. The molecule has 1 saturated heterocycles. The molecule has 1 aliphatic heterocycles. The molecule has 1 aromatic heterocycles. The summed E-state index contributed by atoms with van der Waals surface area (Å²) in [5.41, 5.74) is 2.30. The van der Waals surface area contributed by atoms with Gasteiger partial charge in [0.05, 0.1) is 0 Å². The van der Waals surface area contributed by atoms with E-state index in [-0.39, 0.29) is 0 Å². The minimum Gasteiger partial charge on any atom is -0.461 e. The van der Waals surface area contributed by atoms with E-state index in [1.807, 2.05) is 12.1 Å². The Morgan fingerprint density at radius 3 is 2.76 bits per heavy atom. The largest absolute Gasteiger partial charge is 0.461 e. The predicted octanol–water partition coefficient (Wildman–Crippen LogP) is 3.71. The fraction of sp³-hybridized carbons (Fsp3) is 0.556. The van der Waals surface area contributed by atoms with Crippen LogP contribution in [0.4, 0.5) is 0 Å². The molecule has 2 heterocycles. The van der Waals surface area contributed by atoms with Gasteiger partial charge in [-0.05, 0) is 45.8 Å². The van der Waals surface area contributed by atoms with Crippen molar-refractivity contribution in [3.8, 4) is 0 Å². The third-order valence-corrected chi connectivity index (χ3v) is 4.66. The lowest BCUT2D eigenvalue weighted by Gasteiger charge is -2.32. The van der Waals surface area contributed by atoms with E-state index in [0.717, 1.165) is 24.4 Å². The van der Waals surface area contributed by atoms with Crippen molar-refractivity contribution in [3.05, 3.63) is 35.6 Å². The van der Waals surface area contributed by atoms with Crippen molar-refractivity contribution in [2.75, 3.05) is 19.6 Å². The van der Waals surface area contributed by atoms with Crippen LogP contribution in [0, 0.1) is 6.92 Å². The second-order valence-corrected chi connectivity index (χ2v) is 6.21. The highest BCUT2D eigenvalue weighted by Gasteiger charge is 2.16. The molecule has 1 atom stereocenters. The molecule has 1 aliphatic rings.